The molecule has 1 atom stereocenters. The summed E-state index contributed by atoms with van der Waals surface area (Å²) in [6, 6.07) is 13.2. The van der Waals surface area contributed by atoms with E-state index < -0.39 is 12.0 Å². The molecule has 2 aromatic carbocycles. The summed E-state index contributed by atoms with van der Waals surface area (Å²) in [5, 5.41) is 3.23. The minimum absolute atomic E-state index is 0.0252. The Kier molecular flexibility index (Phi) is 7.12. The molecule has 1 saturated heterocycles. The number of ether oxygens (including phenoxy) is 2. The molecule has 0 aromatic heterocycles. The van der Waals surface area contributed by atoms with Crippen molar-refractivity contribution in [2.75, 3.05) is 23.4 Å². The number of benzene rings is 2. The highest BCUT2D eigenvalue weighted by atomic mass is 32.1. The molecule has 8 nitrogen and oxygen atoms in total. The third-order valence-corrected chi connectivity index (χ3v) is 6.05. The second kappa shape index (κ2) is 10.2. The summed E-state index contributed by atoms with van der Waals surface area (Å²) in [5.74, 6) is -0.217. The van der Waals surface area contributed by atoms with Crippen LogP contribution in [-0.4, -0.2) is 53.1 Å². The summed E-state index contributed by atoms with van der Waals surface area (Å²) in [6.07, 6.45) is 1.86. The van der Waals surface area contributed by atoms with Crippen LogP contribution >= 0.6 is 12.2 Å². The number of amides is 2. The van der Waals surface area contributed by atoms with Crippen molar-refractivity contribution in [2.45, 2.75) is 45.2 Å². The van der Waals surface area contributed by atoms with Gasteiger partial charge in [0.25, 0.3) is 5.91 Å². The van der Waals surface area contributed by atoms with Gasteiger partial charge in [-0.25, -0.2) is 4.79 Å². The van der Waals surface area contributed by atoms with Crippen LogP contribution in [-0.2, 0) is 14.3 Å². The molecule has 2 aliphatic rings. The number of anilines is 2. The number of thiocarbonyl (C=S) groups is 1. The van der Waals surface area contributed by atoms with Crippen molar-refractivity contribution in [3.8, 4) is 5.75 Å². The van der Waals surface area contributed by atoms with Gasteiger partial charge in [-0.2, -0.15) is 0 Å². The zero-order valence-corrected chi connectivity index (χ0v) is 20.0. The molecule has 1 heterocycles. The Morgan fingerprint density at radius 1 is 1.03 bits per heavy atom. The molecule has 1 N–H and O–H groups in total. The Labute approximate surface area is 203 Å². The normalized spacial score (nSPS) is 17.6. The lowest BCUT2D eigenvalue weighted by Crippen LogP contribution is -2.39. The van der Waals surface area contributed by atoms with E-state index >= 15 is 0 Å². The van der Waals surface area contributed by atoms with E-state index in [9.17, 15) is 14.4 Å². The molecule has 0 unspecified atom stereocenters. The SMILES string of the molecule is CCOC(=O)c1ccc(NC(=O)C[C@@H]2C(=O)N(c3ccc(OCC)cc3)C(=S)N2C2CC2)cc1. The smallest absolute Gasteiger partial charge is 0.338 e. The number of rotatable bonds is 9. The molecule has 1 saturated carbocycles. The zero-order valence-electron chi connectivity index (χ0n) is 19.2. The Bertz CT molecular complexity index is 1080. The highest BCUT2D eigenvalue weighted by molar-refractivity contribution is 7.80. The van der Waals surface area contributed by atoms with Crippen molar-refractivity contribution in [1.82, 2.24) is 4.90 Å². The lowest BCUT2D eigenvalue weighted by atomic mass is 10.1. The fourth-order valence-electron chi connectivity index (χ4n) is 3.95. The molecule has 9 heteroatoms. The monoisotopic (exact) mass is 481 g/mol. The maximum Gasteiger partial charge on any atom is 0.338 e. The van der Waals surface area contributed by atoms with E-state index in [1.54, 1.807) is 55.5 Å². The van der Waals surface area contributed by atoms with Crippen LogP contribution in [0.3, 0.4) is 0 Å². The first-order valence-electron chi connectivity index (χ1n) is 11.4. The van der Waals surface area contributed by atoms with E-state index in [1.807, 2.05) is 11.8 Å². The third kappa shape index (κ3) is 5.04. The van der Waals surface area contributed by atoms with Crippen LogP contribution < -0.4 is 15.0 Å². The lowest BCUT2D eigenvalue weighted by molar-refractivity contribution is -0.124. The van der Waals surface area contributed by atoms with Crippen molar-refractivity contribution in [3.05, 3.63) is 54.1 Å². The number of nitrogens with one attached hydrogen (secondary N) is 1. The molecule has 4 rings (SSSR count). The van der Waals surface area contributed by atoms with Crippen molar-refractivity contribution < 1.29 is 23.9 Å². The van der Waals surface area contributed by atoms with Crippen LogP contribution in [0.2, 0.25) is 0 Å². The second-order valence-corrected chi connectivity index (χ2v) is 8.45. The molecule has 34 heavy (non-hydrogen) atoms. The largest absolute Gasteiger partial charge is 0.494 e. The fraction of sp³-hybridized carbons (Fsp3) is 0.360. The number of carbonyl (C=O) groups is 3. The van der Waals surface area contributed by atoms with Crippen molar-refractivity contribution >= 4 is 46.5 Å². The summed E-state index contributed by atoms with van der Waals surface area (Å²) in [7, 11) is 0. The van der Waals surface area contributed by atoms with Gasteiger partial charge in [-0.15, -0.1) is 0 Å². The van der Waals surface area contributed by atoms with E-state index in [0.717, 1.165) is 12.8 Å². The van der Waals surface area contributed by atoms with Gasteiger partial charge in [-0.1, -0.05) is 0 Å². The van der Waals surface area contributed by atoms with Crippen LogP contribution in [0.15, 0.2) is 48.5 Å². The quantitative estimate of drug-likeness (QED) is 0.431. The Balaban J connectivity index is 1.46. The molecular formula is C25H27N3O5S. The van der Waals surface area contributed by atoms with E-state index in [1.165, 1.54) is 4.90 Å². The summed E-state index contributed by atoms with van der Waals surface area (Å²) in [5.41, 5.74) is 1.59. The summed E-state index contributed by atoms with van der Waals surface area (Å²) in [6.45, 7) is 4.49. The van der Waals surface area contributed by atoms with Crippen LogP contribution in [0.25, 0.3) is 0 Å². The molecule has 1 aliphatic heterocycles. The number of hydrogen-bond donors (Lipinski definition) is 1. The van der Waals surface area contributed by atoms with Gasteiger partial charge < -0.3 is 19.7 Å². The van der Waals surface area contributed by atoms with E-state index in [0.29, 0.717) is 41.0 Å². The van der Waals surface area contributed by atoms with Crippen LogP contribution in [0.1, 0.15) is 43.5 Å². The first-order valence-corrected chi connectivity index (χ1v) is 11.8. The molecule has 0 spiro atoms. The van der Waals surface area contributed by atoms with Gasteiger partial charge in [0.05, 0.1) is 30.9 Å². The minimum atomic E-state index is -0.662. The molecule has 2 fully saturated rings. The number of nitrogens with zero attached hydrogens (tertiary/aromatic N) is 2. The van der Waals surface area contributed by atoms with E-state index in [4.69, 9.17) is 21.7 Å². The number of carbonyl (C=O) groups excluding carboxylic acids is 3. The topological polar surface area (TPSA) is 88.2 Å². The van der Waals surface area contributed by atoms with Gasteiger partial charge in [0.15, 0.2) is 5.11 Å². The molecule has 1 aliphatic carbocycles. The summed E-state index contributed by atoms with van der Waals surface area (Å²) in [4.78, 5) is 41.4. The molecule has 2 aromatic rings. The Morgan fingerprint density at radius 2 is 1.71 bits per heavy atom. The Morgan fingerprint density at radius 3 is 2.29 bits per heavy atom. The third-order valence-electron chi connectivity index (χ3n) is 5.66. The second-order valence-electron chi connectivity index (χ2n) is 8.09. The first-order chi connectivity index (χ1) is 16.4. The maximum atomic E-state index is 13.4. The molecule has 178 valence electrons. The fourth-order valence-corrected chi connectivity index (χ4v) is 4.42. The Hall–Kier alpha value is -3.46. The average molecular weight is 482 g/mol. The van der Waals surface area contributed by atoms with Crippen molar-refractivity contribution in [3.63, 3.8) is 0 Å². The van der Waals surface area contributed by atoms with Crippen LogP contribution in [0.4, 0.5) is 11.4 Å². The highest BCUT2D eigenvalue weighted by Crippen LogP contribution is 2.37. The van der Waals surface area contributed by atoms with Gasteiger partial charge in [-0.05, 0) is 87.4 Å². The van der Waals surface area contributed by atoms with Crippen molar-refractivity contribution in [1.29, 1.82) is 0 Å². The standard InChI is InChI=1S/C25H27N3O5S/c1-3-32-20-13-11-19(12-14-20)28-23(30)21(27(25(28)34)18-9-10-18)15-22(29)26-17-7-5-16(6-8-17)24(31)33-4-2/h5-8,11-14,18,21H,3-4,9-10,15H2,1-2H3,(H,26,29)/t21-/m1/s1. The average Bonchev–Trinajstić information content (AvgIpc) is 3.62. The van der Waals surface area contributed by atoms with E-state index in [-0.39, 0.29) is 24.3 Å². The maximum absolute atomic E-state index is 13.4. The predicted octanol–water partition coefficient (Wildman–Crippen LogP) is 3.76. The molecule has 0 bridgehead atoms. The van der Waals surface area contributed by atoms with Gasteiger partial charge >= 0.3 is 5.97 Å². The molecular weight excluding hydrogens is 454 g/mol. The van der Waals surface area contributed by atoms with E-state index in [2.05, 4.69) is 5.32 Å². The number of hydrogen-bond acceptors (Lipinski definition) is 6. The number of esters is 1. The summed E-state index contributed by atoms with van der Waals surface area (Å²) < 4.78 is 10.5. The molecule has 2 amide bonds. The van der Waals surface area contributed by atoms with Gasteiger partial charge in [0.1, 0.15) is 11.8 Å². The molecule has 0 radical (unpaired) electrons. The predicted molar refractivity (Wildman–Crippen MR) is 132 cm³/mol. The van der Waals surface area contributed by atoms with Gasteiger partial charge in [0, 0.05) is 11.7 Å². The minimum Gasteiger partial charge on any atom is -0.494 e. The highest BCUT2D eigenvalue weighted by Gasteiger charge is 2.49. The van der Waals surface area contributed by atoms with Crippen LogP contribution in [0, 0.1) is 0 Å². The van der Waals surface area contributed by atoms with Crippen LogP contribution in [0.5, 0.6) is 5.75 Å². The summed E-state index contributed by atoms with van der Waals surface area (Å²) >= 11 is 5.67. The zero-order chi connectivity index (χ0) is 24.2. The van der Waals surface area contributed by atoms with Crippen molar-refractivity contribution in [2.24, 2.45) is 0 Å². The first kappa shape index (κ1) is 23.7. The van der Waals surface area contributed by atoms with Gasteiger partial charge in [0.2, 0.25) is 5.91 Å². The van der Waals surface area contributed by atoms with Gasteiger partial charge in [-0.3, -0.25) is 14.5 Å². The lowest BCUT2D eigenvalue weighted by Gasteiger charge is -2.23.